The maximum Gasteiger partial charge on any atom is 0.257 e. The molecule has 5 nitrogen and oxygen atoms in total. The molecule has 0 radical (unpaired) electrons. The maximum atomic E-state index is 12.3. The van der Waals surface area contributed by atoms with Crippen LogP contribution in [0, 0.1) is 0 Å². The maximum absolute atomic E-state index is 12.3. The summed E-state index contributed by atoms with van der Waals surface area (Å²) < 4.78 is 1.73. The van der Waals surface area contributed by atoms with Crippen LogP contribution in [0.5, 0.6) is 0 Å². The van der Waals surface area contributed by atoms with Gasteiger partial charge in [-0.1, -0.05) is 12.1 Å². The Morgan fingerprint density at radius 1 is 1.45 bits per heavy atom. The lowest BCUT2D eigenvalue weighted by Gasteiger charge is -2.14. The van der Waals surface area contributed by atoms with Gasteiger partial charge in [0.05, 0.1) is 11.3 Å². The van der Waals surface area contributed by atoms with E-state index in [0.717, 1.165) is 36.6 Å². The van der Waals surface area contributed by atoms with Gasteiger partial charge in [0.1, 0.15) is 5.82 Å². The molecule has 0 spiro atoms. The lowest BCUT2D eigenvalue weighted by molar-refractivity contribution is 0.102. The van der Waals surface area contributed by atoms with Gasteiger partial charge in [0.2, 0.25) is 0 Å². The molecule has 1 aliphatic heterocycles. The molecule has 0 bridgehead atoms. The zero-order valence-electron chi connectivity index (χ0n) is 11.2. The Hall–Kier alpha value is -1.79. The lowest BCUT2D eigenvalue weighted by atomic mass is 10.1. The number of hydrogen-bond donors (Lipinski definition) is 3. The van der Waals surface area contributed by atoms with E-state index in [9.17, 15) is 4.79 Å². The number of nitrogens with one attached hydrogen (secondary N) is 2. The first kappa shape index (κ1) is 13.2. The number of fused-ring (bicyclic) bond motifs is 1. The van der Waals surface area contributed by atoms with Gasteiger partial charge in [-0.3, -0.25) is 9.48 Å². The second-order valence-electron chi connectivity index (χ2n) is 4.80. The second kappa shape index (κ2) is 5.30. The largest absolute Gasteiger partial charge is 0.312 e. The summed E-state index contributed by atoms with van der Waals surface area (Å²) in [6.07, 6.45) is 0.891. The Balaban J connectivity index is 1.90. The Morgan fingerprint density at radius 2 is 2.25 bits per heavy atom. The standard InChI is InChI=1S/C14H16N4OS/c1-18-13(10-8-15-7-6-11(10)17-18)16-14(19)9-4-2-3-5-12(9)20/h2-5,15,20H,6-8H2,1H3,(H,16,19). The molecule has 1 aromatic carbocycles. The molecule has 0 saturated carbocycles. The summed E-state index contributed by atoms with van der Waals surface area (Å²) in [4.78, 5) is 13.0. The third-order valence-corrected chi connectivity index (χ3v) is 3.84. The van der Waals surface area contributed by atoms with E-state index in [2.05, 4.69) is 28.4 Å². The van der Waals surface area contributed by atoms with Gasteiger partial charge in [0.15, 0.2) is 0 Å². The lowest BCUT2D eigenvalue weighted by Crippen LogP contribution is -2.24. The van der Waals surface area contributed by atoms with Gasteiger partial charge in [-0.25, -0.2) is 0 Å². The van der Waals surface area contributed by atoms with Crippen molar-refractivity contribution in [3.05, 3.63) is 41.1 Å². The van der Waals surface area contributed by atoms with Gasteiger partial charge < -0.3 is 10.6 Å². The van der Waals surface area contributed by atoms with Crippen LogP contribution in [0.3, 0.4) is 0 Å². The molecule has 1 aliphatic rings. The first-order valence-corrected chi connectivity index (χ1v) is 6.96. The predicted octanol–water partition coefficient (Wildman–Crippen LogP) is 1.61. The highest BCUT2D eigenvalue weighted by Crippen LogP contribution is 2.23. The van der Waals surface area contributed by atoms with Crippen molar-refractivity contribution < 1.29 is 4.79 Å². The number of carbonyl (C=O) groups is 1. The van der Waals surface area contributed by atoms with Crippen molar-refractivity contribution in [3.8, 4) is 0 Å². The molecule has 2 heterocycles. The van der Waals surface area contributed by atoms with Crippen molar-refractivity contribution in [2.24, 2.45) is 7.05 Å². The molecule has 0 fully saturated rings. The zero-order chi connectivity index (χ0) is 14.1. The molecule has 0 aliphatic carbocycles. The fourth-order valence-electron chi connectivity index (χ4n) is 2.43. The molecule has 1 amide bonds. The number of carbonyl (C=O) groups excluding carboxylic acids is 1. The van der Waals surface area contributed by atoms with Crippen LogP contribution in [0.15, 0.2) is 29.2 Å². The van der Waals surface area contributed by atoms with Crippen LogP contribution in [0.25, 0.3) is 0 Å². The highest BCUT2D eigenvalue weighted by Gasteiger charge is 2.21. The van der Waals surface area contributed by atoms with Gasteiger partial charge in [-0.05, 0) is 12.1 Å². The first-order valence-electron chi connectivity index (χ1n) is 6.51. The molecule has 0 atom stereocenters. The minimum absolute atomic E-state index is 0.160. The average Bonchev–Trinajstić information content (AvgIpc) is 2.76. The van der Waals surface area contributed by atoms with Gasteiger partial charge in [0.25, 0.3) is 5.91 Å². The summed E-state index contributed by atoms with van der Waals surface area (Å²) in [5.41, 5.74) is 2.69. The molecule has 0 saturated heterocycles. The van der Waals surface area contributed by atoms with Crippen LogP contribution in [0.4, 0.5) is 5.82 Å². The van der Waals surface area contributed by atoms with Crippen LogP contribution < -0.4 is 10.6 Å². The Kier molecular flexibility index (Phi) is 3.50. The highest BCUT2D eigenvalue weighted by molar-refractivity contribution is 7.80. The minimum atomic E-state index is -0.160. The van der Waals surface area contributed by atoms with Crippen molar-refractivity contribution >= 4 is 24.4 Å². The van der Waals surface area contributed by atoms with E-state index < -0.39 is 0 Å². The summed E-state index contributed by atoms with van der Waals surface area (Å²) in [6.45, 7) is 1.66. The first-order chi connectivity index (χ1) is 9.66. The topological polar surface area (TPSA) is 59.0 Å². The van der Waals surface area contributed by atoms with Gasteiger partial charge in [-0.2, -0.15) is 5.10 Å². The molecule has 2 aromatic rings. The Morgan fingerprint density at radius 3 is 3.05 bits per heavy atom. The summed E-state index contributed by atoms with van der Waals surface area (Å²) >= 11 is 4.32. The SMILES string of the molecule is Cn1nc2c(c1NC(=O)c1ccccc1S)CNCC2. The number of aryl methyl sites for hydroxylation is 1. The number of aromatic nitrogens is 2. The third-order valence-electron chi connectivity index (χ3n) is 3.45. The van der Waals surface area contributed by atoms with E-state index in [-0.39, 0.29) is 5.91 Å². The van der Waals surface area contributed by atoms with Gasteiger partial charge >= 0.3 is 0 Å². The number of hydrogen-bond acceptors (Lipinski definition) is 4. The highest BCUT2D eigenvalue weighted by atomic mass is 32.1. The van der Waals surface area contributed by atoms with Crippen molar-refractivity contribution in [2.45, 2.75) is 17.9 Å². The van der Waals surface area contributed by atoms with Crippen molar-refractivity contribution in [1.82, 2.24) is 15.1 Å². The fraction of sp³-hybridized carbons (Fsp3) is 0.286. The number of amides is 1. The number of benzene rings is 1. The second-order valence-corrected chi connectivity index (χ2v) is 5.28. The van der Waals surface area contributed by atoms with Crippen LogP contribution in [0.2, 0.25) is 0 Å². The fourth-order valence-corrected chi connectivity index (χ4v) is 2.69. The molecule has 104 valence electrons. The van der Waals surface area contributed by atoms with Crippen LogP contribution in [-0.4, -0.2) is 22.2 Å². The zero-order valence-corrected chi connectivity index (χ0v) is 12.1. The monoisotopic (exact) mass is 288 g/mol. The van der Waals surface area contributed by atoms with Crippen molar-refractivity contribution in [3.63, 3.8) is 0 Å². The van der Waals surface area contributed by atoms with Gasteiger partial charge in [0, 0.05) is 37.0 Å². The number of nitrogens with zero attached hydrogens (tertiary/aromatic N) is 2. The quantitative estimate of drug-likeness (QED) is 0.736. The van der Waals surface area contributed by atoms with Crippen LogP contribution >= 0.6 is 12.6 Å². The van der Waals surface area contributed by atoms with Crippen LogP contribution in [-0.2, 0) is 20.0 Å². The Bertz CT molecular complexity index is 665. The Labute approximate surface area is 122 Å². The van der Waals surface area contributed by atoms with Gasteiger partial charge in [-0.15, -0.1) is 12.6 Å². The smallest absolute Gasteiger partial charge is 0.257 e. The molecular weight excluding hydrogens is 272 g/mol. The molecule has 2 N–H and O–H groups in total. The third kappa shape index (κ3) is 2.32. The molecule has 0 unspecified atom stereocenters. The van der Waals surface area contributed by atoms with E-state index in [0.29, 0.717) is 10.5 Å². The molecule has 1 aromatic heterocycles. The van der Waals surface area contributed by atoms with Crippen molar-refractivity contribution in [2.75, 3.05) is 11.9 Å². The van der Waals surface area contributed by atoms with E-state index in [1.54, 1.807) is 16.8 Å². The normalized spacial score (nSPS) is 13.9. The number of anilines is 1. The van der Waals surface area contributed by atoms with E-state index in [1.165, 1.54) is 0 Å². The predicted molar refractivity (Wildman–Crippen MR) is 80.3 cm³/mol. The van der Waals surface area contributed by atoms with E-state index in [1.807, 2.05) is 19.2 Å². The number of thiol groups is 1. The van der Waals surface area contributed by atoms with Crippen molar-refractivity contribution in [1.29, 1.82) is 0 Å². The summed E-state index contributed by atoms with van der Waals surface area (Å²) in [7, 11) is 1.85. The summed E-state index contributed by atoms with van der Waals surface area (Å²) in [5.74, 6) is 0.598. The summed E-state index contributed by atoms with van der Waals surface area (Å²) in [5, 5.41) is 10.7. The van der Waals surface area contributed by atoms with E-state index >= 15 is 0 Å². The number of rotatable bonds is 2. The van der Waals surface area contributed by atoms with E-state index in [4.69, 9.17) is 0 Å². The average molecular weight is 288 g/mol. The molecule has 3 rings (SSSR count). The minimum Gasteiger partial charge on any atom is -0.312 e. The molecular formula is C14H16N4OS. The van der Waals surface area contributed by atoms with Crippen LogP contribution in [0.1, 0.15) is 21.6 Å². The molecule has 20 heavy (non-hydrogen) atoms. The molecule has 6 heteroatoms. The summed E-state index contributed by atoms with van der Waals surface area (Å²) in [6, 6.07) is 7.25.